The van der Waals surface area contributed by atoms with Crippen LogP contribution in [0.2, 0.25) is 0 Å². The summed E-state index contributed by atoms with van der Waals surface area (Å²) in [6.07, 6.45) is 5.14. The number of likely N-dealkylation sites (tertiary alicyclic amines) is 1. The minimum atomic E-state index is -2.88. The molecule has 2 atom stereocenters. The number of rotatable bonds is 6. The Hall–Kier alpha value is -1.69. The zero-order chi connectivity index (χ0) is 16.3. The summed E-state index contributed by atoms with van der Waals surface area (Å²) in [6.45, 7) is 1.73. The van der Waals surface area contributed by atoms with Crippen molar-refractivity contribution in [1.29, 1.82) is 0 Å². The van der Waals surface area contributed by atoms with Crippen molar-refractivity contribution < 1.29 is 17.9 Å². The molecule has 23 heavy (non-hydrogen) atoms. The van der Waals surface area contributed by atoms with Crippen LogP contribution in [0.3, 0.4) is 0 Å². The molecule has 5 nitrogen and oxygen atoms in total. The van der Waals surface area contributed by atoms with E-state index in [1.165, 1.54) is 11.8 Å². The van der Waals surface area contributed by atoms with Crippen LogP contribution in [0.4, 0.5) is 0 Å². The summed E-state index contributed by atoms with van der Waals surface area (Å²) in [5.41, 5.74) is 1.18. The van der Waals surface area contributed by atoms with Gasteiger partial charge in [-0.05, 0) is 24.3 Å². The SMILES string of the molecule is CS(=O)(=O)CCC1CCN(C2=COC(Cc3ccccc3)O2)C1. The fraction of sp³-hybridized carbons (Fsp3) is 0.529. The average Bonchev–Trinajstić information content (AvgIpc) is 3.14. The van der Waals surface area contributed by atoms with Crippen LogP contribution >= 0.6 is 0 Å². The van der Waals surface area contributed by atoms with Gasteiger partial charge in [0.05, 0.1) is 5.75 Å². The molecule has 0 bridgehead atoms. The van der Waals surface area contributed by atoms with Gasteiger partial charge in [-0.2, -0.15) is 0 Å². The van der Waals surface area contributed by atoms with Gasteiger partial charge in [0.2, 0.25) is 12.2 Å². The quantitative estimate of drug-likeness (QED) is 0.796. The number of nitrogens with zero attached hydrogens (tertiary/aromatic N) is 1. The molecule has 126 valence electrons. The van der Waals surface area contributed by atoms with Crippen molar-refractivity contribution in [2.75, 3.05) is 25.1 Å². The van der Waals surface area contributed by atoms with E-state index in [2.05, 4.69) is 17.0 Å². The topological polar surface area (TPSA) is 55.8 Å². The van der Waals surface area contributed by atoms with E-state index in [0.717, 1.165) is 31.8 Å². The second-order valence-corrected chi connectivity index (χ2v) is 8.61. The lowest BCUT2D eigenvalue weighted by Crippen LogP contribution is -2.23. The van der Waals surface area contributed by atoms with Gasteiger partial charge in [0.1, 0.15) is 16.1 Å². The molecule has 1 aromatic carbocycles. The van der Waals surface area contributed by atoms with Gasteiger partial charge in [-0.25, -0.2) is 8.42 Å². The lowest BCUT2D eigenvalue weighted by Gasteiger charge is -2.19. The number of hydrogen-bond donors (Lipinski definition) is 0. The third kappa shape index (κ3) is 4.64. The number of benzene rings is 1. The second-order valence-electron chi connectivity index (χ2n) is 6.35. The molecule has 0 amide bonds. The summed E-state index contributed by atoms with van der Waals surface area (Å²) >= 11 is 0. The monoisotopic (exact) mass is 337 g/mol. The van der Waals surface area contributed by atoms with Crippen LogP contribution in [0.25, 0.3) is 0 Å². The molecule has 1 aromatic rings. The maximum atomic E-state index is 11.3. The van der Waals surface area contributed by atoms with Gasteiger partial charge >= 0.3 is 0 Å². The fourth-order valence-corrected chi connectivity index (χ4v) is 3.78. The molecule has 0 spiro atoms. The van der Waals surface area contributed by atoms with Gasteiger partial charge in [-0.1, -0.05) is 30.3 Å². The minimum Gasteiger partial charge on any atom is -0.457 e. The van der Waals surface area contributed by atoms with E-state index in [9.17, 15) is 8.42 Å². The highest BCUT2D eigenvalue weighted by Gasteiger charge is 2.30. The first-order valence-corrected chi connectivity index (χ1v) is 10.0. The fourth-order valence-electron chi connectivity index (χ4n) is 3.02. The Bertz CT molecular complexity index is 656. The molecular weight excluding hydrogens is 314 g/mol. The molecule has 2 heterocycles. The predicted molar refractivity (Wildman–Crippen MR) is 88.2 cm³/mol. The molecule has 0 saturated carbocycles. The molecule has 0 aromatic heterocycles. The Morgan fingerprint density at radius 2 is 2.04 bits per heavy atom. The second kappa shape index (κ2) is 6.83. The average molecular weight is 337 g/mol. The number of hydrogen-bond acceptors (Lipinski definition) is 5. The lowest BCUT2D eigenvalue weighted by molar-refractivity contribution is -0.0462. The summed E-state index contributed by atoms with van der Waals surface area (Å²) in [4.78, 5) is 2.15. The van der Waals surface area contributed by atoms with Gasteiger partial charge in [0.15, 0.2) is 0 Å². The molecule has 1 saturated heterocycles. The lowest BCUT2D eigenvalue weighted by atomic mass is 10.1. The standard InChI is InChI=1S/C17H23NO4S/c1-23(19,20)10-8-15-7-9-18(12-15)16-13-21-17(22-16)11-14-5-3-2-4-6-14/h2-6,13,15,17H,7-12H2,1H3. The van der Waals surface area contributed by atoms with Gasteiger partial charge in [-0.15, -0.1) is 0 Å². The Labute approximate surface area is 137 Å². The highest BCUT2D eigenvalue weighted by atomic mass is 32.2. The van der Waals surface area contributed by atoms with E-state index < -0.39 is 9.84 Å². The van der Waals surface area contributed by atoms with Crippen molar-refractivity contribution in [3.05, 3.63) is 48.0 Å². The largest absolute Gasteiger partial charge is 0.457 e. The smallest absolute Gasteiger partial charge is 0.246 e. The Kier molecular flexibility index (Phi) is 4.80. The van der Waals surface area contributed by atoms with Crippen molar-refractivity contribution in [3.8, 4) is 0 Å². The summed E-state index contributed by atoms with van der Waals surface area (Å²) in [5.74, 6) is 1.44. The predicted octanol–water partition coefficient (Wildman–Crippen LogP) is 2.16. The van der Waals surface area contributed by atoms with E-state index in [4.69, 9.17) is 9.47 Å². The van der Waals surface area contributed by atoms with Crippen LogP contribution < -0.4 is 0 Å². The first-order valence-electron chi connectivity index (χ1n) is 7.98. The molecule has 2 unspecified atom stereocenters. The van der Waals surface area contributed by atoms with Crippen LogP contribution in [-0.2, 0) is 25.7 Å². The molecule has 0 aliphatic carbocycles. The van der Waals surface area contributed by atoms with Gasteiger partial charge in [0.25, 0.3) is 0 Å². The zero-order valence-corrected chi connectivity index (χ0v) is 14.2. The van der Waals surface area contributed by atoms with Crippen molar-refractivity contribution in [2.45, 2.75) is 25.6 Å². The molecule has 0 N–H and O–H groups in total. The summed E-state index contributed by atoms with van der Waals surface area (Å²) in [6, 6.07) is 10.1. The molecule has 6 heteroatoms. The van der Waals surface area contributed by atoms with Crippen molar-refractivity contribution in [2.24, 2.45) is 5.92 Å². The normalized spacial score (nSPS) is 24.2. The molecule has 0 radical (unpaired) electrons. The van der Waals surface area contributed by atoms with Crippen LogP contribution in [0.1, 0.15) is 18.4 Å². The number of sulfone groups is 1. The van der Waals surface area contributed by atoms with Crippen LogP contribution in [0.15, 0.2) is 42.5 Å². The summed E-state index contributed by atoms with van der Waals surface area (Å²) < 4.78 is 34.0. The first kappa shape index (κ1) is 16.2. The molecule has 1 fully saturated rings. The third-order valence-corrected chi connectivity index (χ3v) is 5.29. The van der Waals surface area contributed by atoms with E-state index in [-0.39, 0.29) is 12.0 Å². The Morgan fingerprint density at radius 3 is 2.78 bits per heavy atom. The third-order valence-electron chi connectivity index (χ3n) is 4.31. The van der Waals surface area contributed by atoms with E-state index in [0.29, 0.717) is 12.3 Å². The Morgan fingerprint density at radius 1 is 1.26 bits per heavy atom. The van der Waals surface area contributed by atoms with Crippen molar-refractivity contribution in [3.63, 3.8) is 0 Å². The van der Waals surface area contributed by atoms with Gasteiger partial charge in [0, 0.05) is 25.8 Å². The molecular formula is C17H23NO4S. The van der Waals surface area contributed by atoms with Crippen molar-refractivity contribution >= 4 is 9.84 Å². The van der Waals surface area contributed by atoms with Crippen molar-refractivity contribution in [1.82, 2.24) is 4.90 Å². The highest BCUT2D eigenvalue weighted by Crippen LogP contribution is 2.28. The van der Waals surface area contributed by atoms with Gasteiger partial charge in [-0.3, -0.25) is 0 Å². The van der Waals surface area contributed by atoms with E-state index in [1.807, 2.05) is 18.2 Å². The van der Waals surface area contributed by atoms with Crippen LogP contribution in [0.5, 0.6) is 0 Å². The first-order chi connectivity index (χ1) is 11.0. The van der Waals surface area contributed by atoms with E-state index in [1.54, 1.807) is 6.26 Å². The maximum absolute atomic E-state index is 11.3. The van der Waals surface area contributed by atoms with Crippen LogP contribution in [-0.4, -0.2) is 44.7 Å². The van der Waals surface area contributed by atoms with Crippen LogP contribution in [0, 0.1) is 5.92 Å². The maximum Gasteiger partial charge on any atom is 0.246 e. The summed E-state index contributed by atoms with van der Waals surface area (Å²) in [5, 5.41) is 0. The highest BCUT2D eigenvalue weighted by molar-refractivity contribution is 7.90. The Balaban J connectivity index is 1.46. The van der Waals surface area contributed by atoms with E-state index >= 15 is 0 Å². The zero-order valence-electron chi connectivity index (χ0n) is 13.3. The molecule has 2 aliphatic heterocycles. The summed E-state index contributed by atoms with van der Waals surface area (Å²) in [7, 11) is -2.88. The minimum absolute atomic E-state index is 0.262. The molecule has 3 rings (SSSR count). The number of ether oxygens (including phenoxy) is 2. The van der Waals surface area contributed by atoms with Gasteiger partial charge < -0.3 is 14.4 Å². The molecule has 2 aliphatic rings.